The van der Waals surface area contributed by atoms with Gasteiger partial charge in [-0.3, -0.25) is 9.69 Å². The minimum absolute atomic E-state index is 0.182. The molecule has 23 heavy (non-hydrogen) atoms. The van der Waals surface area contributed by atoms with Crippen molar-refractivity contribution in [3.05, 3.63) is 26.6 Å². The molecule has 3 heterocycles. The quantitative estimate of drug-likeness (QED) is 0.871. The van der Waals surface area contributed by atoms with Crippen LogP contribution in [0.4, 0.5) is 0 Å². The minimum Gasteiger partial charge on any atom is -0.465 e. The number of H-pyrrole nitrogens is 1. The van der Waals surface area contributed by atoms with Gasteiger partial charge < -0.3 is 9.72 Å². The van der Waals surface area contributed by atoms with E-state index in [9.17, 15) is 9.59 Å². The molecule has 1 fully saturated rings. The summed E-state index contributed by atoms with van der Waals surface area (Å²) in [6.45, 7) is 6.70. The summed E-state index contributed by atoms with van der Waals surface area (Å²) in [6, 6.07) is 0. The highest BCUT2D eigenvalue weighted by molar-refractivity contribution is 7.20. The third-order valence-corrected chi connectivity index (χ3v) is 5.50. The van der Waals surface area contributed by atoms with Crippen molar-refractivity contribution < 1.29 is 9.53 Å². The lowest BCUT2D eigenvalue weighted by molar-refractivity contribution is 0.0605. The summed E-state index contributed by atoms with van der Waals surface area (Å²) in [6.07, 6.45) is 2.43. The van der Waals surface area contributed by atoms with E-state index in [0.29, 0.717) is 38.9 Å². The number of ether oxygens (including phenoxy) is 1. The molecule has 0 radical (unpaired) electrons. The molecule has 1 aliphatic heterocycles. The summed E-state index contributed by atoms with van der Waals surface area (Å²) in [5.74, 6) is 0.916. The van der Waals surface area contributed by atoms with E-state index in [1.165, 1.54) is 31.3 Å². The Kier molecular flexibility index (Phi) is 4.50. The molecule has 1 saturated heterocycles. The number of methoxy groups -OCH3 is 1. The van der Waals surface area contributed by atoms with Crippen molar-refractivity contribution in [2.45, 2.75) is 33.2 Å². The van der Waals surface area contributed by atoms with Crippen molar-refractivity contribution in [1.29, 1.82) is 0 Å². The predicted octanol–water partition coefficient (Wildman–Crippen LogP) is 2.31. The van der Waals surface area contributed by atoms with Gasteiger partial charge in [-0.15, -0.1) is 11.3 Å². The van der Waals surface area contributed by atoms with Crippen LogP contribution in [0.15, 0.2) is 4.79 Å². The van der Waals surface area contributed by atoms with E-state index >= 15 is 0 Å². The smallest absolute Gasteiger partial charge is 0.348 e. The van der Waals surface area contributed by atoms with E-state index in [4.69, 9.17) is 4.74 Å². The zero-order valence-electron chi connectivity index (χ0n) is 13.6. The average Bonchev–Trinajstić information content (AvgIpc) is 2.84. The number of esters is 1. The second-order valence-corrected chi connectivity index (χ2v) is 7.22. The molecule has 1 unspecified atom stereocenters. The number of thiophene rings is 1. The Hall–Kier alpha value is -1.73. The van der Waals surface area contributed by atoms with E-state index in [0.717, 1.165) is 13.1 Å². The Morgan fingerprint density at radius 1 is 1.52 bits per heavy atom. The van der Waals surface area contributed by atoms with Crippen LogP contribution in [0.5, 0.6) is 0 Å². The number of hydrogen-bond donors (Lipinski definition) is 1. The molecule has 0 amide bonds. The molecule has 1 N–H and O–H groups in total. The maximum Gasteiger partial charge on any atom is 0.348 e. The zero-order chi connectivity index (χ0) is 16.6. The number of hydrogen-bond acceptors (Lipinski definition) is 6. The number of nitrogens with one attached hydrogen (secondary N) is 1. The number of carbonyl (C=O) groups excluding carboxylic acids is 1. The Morgan fingerprint density at radius 2 is 2.30 bits per heavy atom. The van der Waals surface area contributed by atoms with Gasteiger partial charge in [-0.1, -0.05) is 6.92 Å². The van der Waals surface area contributed by atoms with Crippen LogP contribution >= 0.6 is 11.3 Å². The molecule has 1 aliphatic rings. The van der Waals surface area contributed by atoms with Crippen LogP contribution in [-0.4, -0.2) is 41.0 Å². The maximum atomic E-state index is 12.4. The van der Waals surface area contributed by atoms with Gasteiger partial charge in [-0.2, -0.15) is 0 Å². The number of fused-ring (bicyclic) bond motifs is 1. The van der Waals surface area contributed by atoms with Gasteiger partial charge in [0.1, 0.15) is 15.5 Å². The third kappa shape index (κ3) is 3.16. The van der Waals surface area contributed by atoms with Crippen LogP contribution in [0.2, 0.25) is 0 Å². The summed E-state index contributed by atoms with van der Waals surface area (Å²) in [7, 11) is 1.34. The van der Waals surface area contributed by atoms with Crippen LogP contribution in [0.1, 0.15) is 40.8 Å². The van der Waals surface area contributed by atoms with Gasteiger partial charge in [-0.25, -0.2) is 9.78 Å². The van der Waals surface area contributed by atoms with Gasteiger partial charge in [0.15, 0.2) is 0 Å². The second-order valence-electron chi connectivity index (χ2n) is 6.22. The molecular weight excluding hydrogens is 314 g/mol. The number of rotatable bonds is 3. The van der Waals surface area contributed by atoms with Crippen molar-refractivity contribution in [2.24, 2.45) is 5.92 Å². The van der Waals surface area contributed by atoms with Gasteiger partial charge >= 0.3 is 5.97 Å². The van der Waals surface area contributed by atoms with E-state index in [1.54, 1.807) is 6.92 Å². The van der Waals surface area contributed by atoms with Crippen molar-refractivity contribution in [3.63, 3.8) is 0 Å². The highest BCUT2D eigenvalue weighted by Gasteiger charge is 2.21. The minimum atomic E-state index is -0.420. The van der Waals surface area contributed by atoms with Crippen molar-refractivity contribution in [1.82, 2.24) is 14.9 Å². The van der Waals surface area contributed by atoms with Crippen LogP contribution < -0.4 is 5.56 Å². The molecule has 1 atom stereocenters. The van der Waals surface area contributed by atoms with E-state index < -0.39 is 5.97 Å². The predicted molar refractivity (Wildman–Crippen MR) is 90.0 cm³/mol. The number of likely N-dealkylation sites (tertiary alicyclic amines) is 1. The highest BCUT2D eigenvalue weighted by atomic mass is 32.1. The number of carbonyl (C=O) groups is 1. The standard InChI is InChI=1S/C16H21N3O3S/c1-9-5-4-6-19(7-9)8-11-17-14(20)12-10(2)13(16(21)22-3)23-15(12)18-11/h9H,4-8H2,1-3H3,(H,17,18,20). The monoisotopic (exact) mass is 335 g/mol. The Morgan fingerprint density at radius 3 is 3.00 bits per heavy atom. The molecule has 0 bridgehead atoms. The Labute approximate surface area is 138 Å². The second kappa shape index (κ2) is 6.41. The summed E-state index contributed by atoms with van der Waals surface area (Å²) in [5.41, 5.74) is 0.461. The molecule has 2 aromatic heterocycles. The molecule has 2 aromatic rings. The Bertz CT molecular complexity index is 796. The lowest BCUT2D eigenvalue weighted by Crippen LogP contribution is -2.34. The number of aromatic nitrogens is 2. The topological polar surface area (TPSA) is 75.3 Å². The first-order valence-electron chi connectivity index (χ1n) is 7.82. The number of aryl methyl sites for hydroxylation is 1. The SMILES string of the molecule is COC(=O)c1sc2nc(CN3CCCC(C)C3)[nH]c(=O)c2c1C. The van der Waals surface area contributed by atoms with Crippen molar-refractivity contribution >= 4 is 27.5 Å². The largest absolute Gasteiger partial charge is 0.465 e. The fraction of sp³-hybridized carbons (Fsp3) is 0.562. The van der Waals surface area contributed by atoms with Gasteiger partial charge in [0.05, 0.1) is 19.0 Å². The number of piperidine rings is 1. The van der Waals surface area contributed by atoms with E-state index in [2.05, 4.69) is 21.8 Å². The summed E-state index contributed by atoms with van der Waals surface area (Å²) in [5, 5.41) is 0.492. The summed E-state index contributed by atoms with van der Waals surface area (Å²) >= 11 is 1.22. The molecule has 3 rings (SSSR count). The fourth-order valence-electron chi connectivity index (χ4n) is 3.19. The molecule has 0 aliphatic carbocycles. The lowest BCUT2D eigenvalue weighted by Gasteiger charge is -2.30. The van der Waals surface area contributed by atoms with Crippen LogP contribution in [0.25, 0.3) is 10.2 Å². The molecule has 0 spiro atoms. The number of aromatic amines is 1. The van der Waals surface area contributed by atoms with Crippen molar-refractivity contribution in [2.75, 3.05) is 20.2 Å². The number of nitrogens with zero attached hydrogens (tertiary/aromatic N) is 2. The zero-order valence-corrected chi connectivity index (χ0v) is 14.5. The molecular formula is C16H21N3O3S. The van der Waals surface area contributed by atoms with E-state index in [1.807, 2.05) is 0 Å². The summed E-state index contributed by atoms with van der Waals surface area (Å²) in [4.78, 5) is 35.0. The van der Waals surface area contributed by atoms with Gasteiger partial charge in [0, 0.05) is 6.54 Å². The molecule has 0 aromatic carbocycles. The Balaban J connectivity index is 1.94. The van der Waals surface area contributed by atoms with Gasteiger partial charge in [0.2, 0.25) is 0 Å². The van der Waals surface area contributed by atoms with Crippen LogP contribution in [0.3, 0.4) is 0 Å². The fourth-order valence-corrected chi connectivity index (χ4v) is 4.31. The molecule has 7 heteroatoms. The van der Waals surface area contributed by atoms with Crippen LogP contribution in [-0.2, 0) is 11.3 Å². The maximum absolute atomic E-state index is 12.4. The summed E-state index contributed by atoms with van der Waals surface area (Å²) < 4.78 is 4.77. The van der Waals surface area contributed by atoms with Gasteiger partial charge in [0.25, 0.3) is 5.56 Å². The highest BCUT2D eigenvalue weighted by Crippen LogP contribution is 2.27. The lowest BCUT2D eigenvalue weighted by atomic mass is 10.0. The molecule has 6 nitrogen and oxygen atoms in total. The first-order chi connectivity index (χ1) is 11.0. The third-order valence-electron chi connectivity index (χ3n) is 4.33. The first kappa shape index (κ1) is 16.1. The normalized spacial score (nSPS) is 19.2. The van der Waals surface area contributed by atoms with Crippen molar-refractivity contribution in [3.8, 4) is 0 Å². The molecule has 124 valence electrons. The van der Waals surface area contributed by atoms with Crippen LogP contribution in [0, 0.1) is 12.8 Å². The first-order valence-corrected chi connectivity index (χ1v) is 8.64. The van der Waals surface area contributed by atoms with E-state index in [-0.39, 0.29) is 5.56 Å². The molecule has 0 saturated carbocycles. The average molecular weight is 335 g/mol. The van der Waals surface area contributed by atoms with Gasteiger partial charge in [-0.05, 0) is 37.8 Å².